The van der Waals surface area contributed by atoms with Gasteiger partial charge in [0.25, 0.3) is 0 Å². The molecule has 1 aromatic rings. The van der Waals surface area contributed by atoms with Gasteiger partial charge in [-0.15, -0.1) is 0 Å². The monoisotopic (exact) mass is 249 g/mol. The zero-order valence-corrected chi connectivity index (χ0v) is 11.9. The van der Waals surface area contributed by atoms with Crippen LogP contribution in [0.25, 0.3) is 0 Å². The second kappa shape index (κ2) is 10.1. The average Bonchev–Trinajstić information content (AvgIpc) is 2.43. The summed E-state index contributed by atoms with van der Waals surface area (Å²) in [5, 5.41) is 0. The van der Waals surface area contributed by atoms with E-state index in [9.17, 15) is 0 Å². The molecule has 0 radical (unpaired) electrons. The van der Waals surface area contributed by atoms with E-state index in [4.69, 9.17) is 4.74 Å². The second-order valence-corrected chi connectivity index (χ2v) is 4.91. The topological polar surface area (TPSA) is 22.1 Å². The number of hydrogen-bond acceptors (Lipinski definition) is 2. The summed E-state index contributed by atoms with van der Waals surface area (Å²) in [4.78, 5) is 4.10. The third-order valence-corrected chi connectivity index (χ3v) is 3.29. The van der Waals surface area contributed by atoms with Gasteiger partial charge < -0.3 is 4.74 Å². The molecule has 0 saturated heterocycles. The first kappa shape index (κ1) is 15.2. The van der Waals surface area contributed by atoms with Crippen LogP contribution in [-0.4, -0.2) is 11.1 Å². The van der Waals surface area contributed by atoms with Crippen LogP contribution in [0.3, 0.4) is 0 Å². The highest BCUT2D eigenvalue weighted by atomic mass is 16.5. The molecule has 0 aromatic carbocycles. The van der Waals surface area contributed by atoms with Gasteiger partial charge in [0, 0.05) is 12.4 Å². The van der Waals surface area contributed by atoms with Gasteiger partial charge in [-0.2, -0.15) is 0 Å². The summed E-state index contributed by atoms with van der Waals surface area (Å²) in [5.74, 6) is 0. The number of ether oxygens (including phenoxy) is 1. The maximum atomic E-state index is 5.94. The Kier molecular flexibility index (Phi) is 8.49. The number of nitrogens with zero attached hydrogens (tertiary/aromatic N) is 1. The molecule has 1 aromatic heterocycles. The van der Waals surface area contributed by atoms with Crippen molar-refractivity contribution in [2.45, 2.75) is 71.5 Å². The van der Waals surface area contributed by atoms with E-state index in [0.717, 1.165) is 6.42 Å². The SMILES string of the molecule is CCCCCCCC(CC)OCc1cccnc1. The van der Waals surface area contributed by atoms with Crippen molar-refractivity contribution in [3.63, 3.8) is 0 Å². The molecular weight excluding hydrogens is 222 g/mol. The lowest BCUT2D eigenvalue weighted by Gasteiger charge is -2.16. The Morgan fingerprint density at radius 2 is 2.00 bits per heavy atom. The summed E-state index contributed by atoms with van der Waals surface area (Å²) in [6, 6.07) is 4.03. The van der Waals surface area contributed by atoms with Crippen molar-refractivity contribution in [3.8, 4) is 0 Å². The van der Waals surface area contributed by atoms with Crippen molar-refractivity contribution in [2.75, 3.05) is 0 Å². The van der Waals surface area contributed by atoms with E-state index in [-0.39, 0.29) is 0 Å². The van der Waals surface area contributed by atoms with E-state index in [1.165, 1.54) is 44.1 Å². The molecule has 0 bridgehead atoms. The highest BCUT2D eigenvalue weighted by Gasteiger charge is 2.06. The molecule has 0 N–H and O–H groups in total. The number of pyridine rings is 1. The van der Waals surface area contributed by atoms with Gasteiger partial charge in [-0.05, 0) is 24.5 Å². The molecule has 18 heavy (non-hydrogen) atoms. The molecule has 1 rings (SSSR count). The molecule has 0 saturated carbocycles. The van der Waals surface area contributed by atoms with Crippen LogP contribution >= 0.6 is 0 Å². The van der Waals surface area contributed by atoms with Crippen molar-refractivity contribution in [3.05, 3.63) is 30.1 Å². The largest absolute Gasteiger partial charge is 0.373 e. The predicted octanol–water partition coefficient (Wildman–Crippen LogP) is 4.74. The molecule has 1 unspecified atom stereocenters. The van der Waals surface area contributed by atoms with Crippen LogP contribution < -0.4 is 0 Å². The molecule has 0 aliphatic rings. The number of unbranched alkanes of at least 4 members (excludes halogenated alkanes) is 4. The average molecular weight is 249 g/mol. The summed E-state index contributed by atoms with van der Waals surface area (Å²) in [5.41, 5.74) is 1.17. The fourth-order valence-electron chi connectivity index (χ4n) is 2.08. The maximum absolute atomic E-state index is 5.94. The predicted molar refractivity (Wildman–Crippen MR) is 76.5 cm³/mol. The Morgan fingerprint density at radius 3 is 2.67 bits per heavy atom. The van der Waals surface area contributed by atoms with E-state index in [1.54, 1.807) is 6.20 Å². The Morgan fingerprint density at radius 1 is 1.17 bits per heavy atom. The fourth-order valence-corrected chi connectivity index (χ4v) is 2.08. The molecule has 0 spiro atoms. The lowest BCUT2D eigenvalue weighted by Crippen LogP contribution is -2.11. The Labute approximate surface area is 112 Å². The summed E-state index contributed by atoms with van der Waals surface area (Å²) in [7, 11) is 0. The van der Waals surface area contributed by atoms with E-state index in [1.807, 2.05) is 12.3 Å². The van der Waals surface area contributed by atoms with Gasteiger partial charge in [0.05, 0.1) is 12.7 Å². The normalized spacial score (nSPS) is 12.6. The van der Waals surface area contributed by atoms with Crippen molar-refractivity contribution in [1.82, 2.24) is 4.98 Å². The van der Waals surface area contributed by atoms with Crippen LogP contribution in [0.2, 0.25) is 0 Å². The Hall–Kier alpha value is -0.890. The van der Waals surface area contributed by atoms with Gasteiger partial charge in [0.2, 0.25) is 0 Å². The van der Waals surface area contributed by atoms with Gasteiger partial charge in [-0.25, -0.2) is 0 Å². The molecule has 0 aliphatic heterocycles. The lowest BCUT2D eigenvalue weighted by atomic mass is 10.1. The number of aromatic nitrogens is 1. The minimum Gasteiger partial charge on any atom is -0.373 e. The fraction of sp³-hybridized carbons (Fsp3) is 0.688. The summed E-state index contributed by atoms with van der Waals surface area (Å²) >= 11 is 0. The first-order valence-corrected chi connectivity index (χ1v) is 7.37. The van der Waals surface area contributed by atoms with Crippen LogP contribution in [0, 0.1) is 0 Å². The quantitative estimate of drug-likeness (QED) is 0.559. The Bertz CT molecular complexity index is 286. The van der Waals surface area contributed by atoms with Crippen LogP contribution in [0.1, 0.15) is 64.4 Å². The zero-order valence-electron chi connectivity index (χ0n) is 11.9. The van der Waals surface area contributed by atoms with Crippen molar-refractivity contribution in [1.29, 1.82) is 0 Å². The molecule has 0 amide bonds. The summed E-state index contributed by atoms with van der Waals surface area (Å²) < 4.78 is 5.94. The van der Waals surface area contributed by atoms with Gasteiger partial charge >= 0.3 is 0 Å². The highest BCUT2D eigenvalue weighted by molar-refractivity contribution is 5.06. The second-order valence-electron chi connectivity index (χ2n) is 4.91. The van der Waals surface area contributed by atoms with Crippen molar-refractivity contribution >= 4 is 0 Å². The van der Waals surface area contributed by atoms with E-state index in [2.05, 4.69) is 24.9 Å². The van der Waals surface area contributed by atoms with Crippen molar-refractivity contribution in [2.24, 2.45) is 0 Å². The zero-order chi connectivity index (χ0) is 13.1. The van der Waals surface area contributed by atoms with Crippen LogP contribution in [0.4, 0.5) is 0 Å². The number of hydrogen-bond donors (Lipinski definition) is 0. The molecular formula is C16H27NO. The minimum absolute atomic E-state index is 0.409. The minimum atomic E-state index is 0.409. The molecule has 2 heteroatoms. The first-order valence-electron chi connectivity index (χ1n) is 7.37. The van der Waals surface area contributed by atoms with Gasteiger partial charge in [-0.1, -0.05) is 52.0 Å². The third kappa shape index (κ3) is 6.75. The molecule has 102 valence electrons. The summed E-state index contributed by atoms with van der Waals surface area (Å²) in [6.07, 6.45) is 13.1. The first-order chi connectivity index (χ1) is 8.86. The molecule has 0 aliphatic carbocycles. The van der Waals surface area contributed by atoms with Gasteiger partial charge in [0.15, 0.2) is 0 Å². The van der Waals surface area contributed by atoms with Crippen LogP contribution in [-0.2, 0) is 11.3 Å². The number of rotatable bonds is 10. The highest BCUT2D eigenvalue weighted by Crippen LogP contribution is 2.13. The van der Waals surface area contributed by atoms with Gasteiger partial charge in [0.1, 0.15) is 0 Å². The lowest BCUT2D eigenvalue weighted by molar-refractivity contribution is 0.0308. The van der Waals surface area contributed by atoms with Crippen LogP contribution in [0.15, 0.2) is 24.5 Å². The standard InChI is InChI=1S/C16H27NO/c1-3-5-6-7-8-11-16(4-2)18-14-15-10-9-12-17-13-15/h9-10,12-13,16H,3-8,11,14H2,1-2H3. The smallest absolute Gasteiger partial charge is 0.0735 e. The summed E-state index contributed by atoms with van der Waals surface area (Å²) in [6.45, 7) is 5.16. The third-order valence-electron chi connectivity index (χ3n) is 3.29. The van der Waals surface area contributed by atoms with E-state index >= 15 is 0 Å². The van der Waals surface area contributed by atoms with Gasteiger partial charge in [-0.3, -0.25) is 4.98 Å². The molecule has 0 fully saturated rings. The molecule has 1 heterocycles. The maximum Gasteiger partial charge on any atom is 0.0735 e. The van der Waals surface area contributed by atoms with E-state index in [0.29, 0.717) is 12.7 Å². The Balaban J connectivity index is 2.13. The molecule has 1 atom stereocenters. The van der Waals surface area contributed by atoms with Crippen molar-refractivity contribution < 1.29 is 4.74 Å². The molecule has 2 nitrogen and oxygen atoms in total. The van der Waals surface area contributed by atoms with Crippen LogP contribution in [0.5, 0.6) is 0 Å². The van der Waals surface area contributed by atoms with E-state index < -0.39 is 0 Å².